The summed E-state index contributed by atoms with van der Waals surface area (Å²) in [6.45, 7) is 0. The first kappa shape index (κ1) is 19.4. The van der Waals surface area contributed by atoms with Gasteiger partial charge in [0.15, 0.2) is 17.3 Å². The number of nitro benzene ring substituents is 1. The normalized spacial score (nSPS) is 19.9. The van der Waals surface area contributed by atoms with Crippen molar-refractivity contribution < 1.29 is 23.4 Å². The molecule has 27 heavy (non-hydrogen) atoms. The van der Waals surface area contributed by atoms with Crippen molar-refractivity contribution in [2.75, 3.05) is 20.5 Å². The molecule has 7 nitrogen and oxygen atoms in total. The average Bonchev–Trinajstić information content (AvgIpc) is 2.66. The highest BCUT2D eigenvalue weighted by Gasteiger charge is 2.42. The Balaban J connectivity index is 2.23. The summed E-state index contributed by atoms with van der Waals surface area (Å²) < 4.78 is 22.8. The topological polar surface area (TPSA) is 95.7 Å². The maximum atomic E-state index is 13.0. The number of carbonyl (C=O) groups is 1. The average molecular weight is 407 g/mol. The van der Waals surface area contributed by atoms with Gasteiger partial charge >= 0.3 is 0 Å². The number of carbonyl (C=O) groups excluding carboxylic acids is 1. The molecule has 9 heteroatoms. The summed E-state index contributed by atoms with van der Waals surface area (Å²) in [6, 6.07) is 9.77. The Morgan fingerprint density at radius 3 is 2.37 bits per heavy atom. The van der Waals surface area contributed by atoms with Gasteiger partial charge in [0.25, 0.3) is 5.69 Å². The van der Waals surface area contributed by atoms with Crippen LogP contribution in [0.4, 0.5) is 5.69 Å². The largest absolute Gasteiger partial charge is 0.493 e. The Labute approximate surface area is 162 Å². The smallest absolute Gasteiger partial charge is 0.277 e. The molecule has 1 aliphatic rings. The van der Waals surface area contributed by atoms with E-state index >= 15 is 0 Å². The summed E-state index contributed by atoms with van der Waals surface area (Å²) in [5, 5.41) is 10.1. The summed E-state index contributed by atoms with van der Waals surface area (Å²) in [5.41, 5.74) is 0.570. The van der Waals surface area contributed by atoms with Gasteiger partial charge in [0.05, 0.1) is 30.5 Å². The highest BCUT2D eigenvalue weighted by molar-refractivity contribution is 8.01. The van der Waals surface area contributed by atoms with Crippen molar-refractivity contribution in [1.82, 2.24) is 0 Å². The Kier molecular flexibility index (Phi) is 5.52. The van der Waals surface area contributed by atoms with Crippen molar-refractivity contribution in [3.8, 4) is 11.5 Å². The maximum absolute atomic E-state index is 13.0. The molecule has 0 aromatic heterocycles. The number of thioether (sulfide) groups is 1. The molecule has 0 radical (unpaired) electrons. The lowest BCUT2D eigenvalue weighted by Gasteiger charge is -2.30. The summed E-state index contributed by atoms with van der Waals surface area (Å²) in [4.78, 5) is 24.8. The number of Topliss-reactive ketones (excluding diaryl/α,β-unsaturated/α-hetero) is 1. The summed E-state index contributed by atoms with van der Waals surface area (Å²) >= 11 is 1.30. The van der Waals surface area contributed by atoms with Gasteiger partial charge in [-0.1, -0.05) is 18.2 Å². The third-order valence-electron chi connectivity index (χ3n) is 4.33. The standard InChI is InChI=1S/C18H17NO6S2/c1-24-13-8-11(12(19(21)22)9-14(13)25-2)17-18(27(3)23)16(20)10-6-4-5-7-15(10)26-17/h4-9,17-18H,1-3H3. The van der Waals surface area contributed by atoms with Gasteiger partial charge in [-0.05, 0) is 12.1 Å². The van der Waals surface area contributed by atoms with Gasteiger partial charge in [-0.25, -0.2) is 0 Å². The molecule has 2 aromatic carbocycles. The van der Waals surface area contributed by atoms with Crippen LogP contribution < -0.4 is 9.47 Å². The lowest BCUT2D eigenvalue weighted by Crippen LogP contribution is -2.34. The first-order valence-electron chi connectivity index (χ1n) is 7.91. The van der Waals surface area contributed by atoms with Crippen molar-refractivity contribution in [2.45, 2.75) is 15.4 Å². The van der Waals surface area contributed by atoms with E-state index in [-0.39, 0.29) is 22.8 Å². The van der Waals surface area contributed by atoms with Crippen molar-refractivity contribution >= 4 is 34.0 Å². The minimum absolute atomic E-state index is 0.201. The van der Waals surface area contributed by atoms with E-state index in [2.05, 4.69) is 0 Å². The van der Waals surface area contributed by atoms with E-state index in [0.717, 1.165) is 0 Å². The molecule has 3 rings (SSSR count). The Hall–Kier alpha value is -2.39. The first-order chi connectivity index (χ1) is 12.9. The number of rotatable bonds is 5. The third kappa shape index (κ3) is 3.44. The van der Waals surface area contributed by atoms with Crippen LogP contribution in [0.5, 0.6) is 11.5 Å². The van der Waals surface area contributed by atoms with Crippen LogP contribution in [0, 0.1) is 10.1 Å². The first-order valence-corrected chi connectivity index (χ1v) is 10.4. The van der Waals surface area contributed by atoms with E-state index in [1.807, 2.05) is 0 Å². The molecule has 0 saturated heterocycles. The highest BCUT2D eigenvalue weighted by Crippen LogP contribution is 2.50. The van der Waals surface area contributed by atoms with Gasteiger partial charge in [0.1, 0.15) is 5.25 Å². The highest BCUT2D eigenvalue weighted by atomic mass is 32.2. The summed E-state index contributed by atoms with van der Waals surface area (Å²) in [7, 11) is 1.29. The van der Waals surface area contributed by atoms with Crippen molar-refractivity contribution in [3.05, 3.63) is 57.6 Å². The van der Waals surface area contributed by atoms with Gasteiger partial charge < -0.3 is 9.47 Å². The molecule has 3 atom stereocenters. The number of ketones is 1. The van der Waals surface area contributed by atoms with Crippen LogP contribution in [0.25, 0.3) is 0 Å². The van der Waals surface area contributed by atoms with Gasteiger partial charge in [-0.2, -0.15) is 0 Å². The second-order valence-electron chi connectivity index (χ2n) is 5.84. The quantitative estimate of drug-likeness (QED) is 0.554. The lowest BCUT2D eigenvalue weighted by atomic mass is 9.99. The molecule has 1 heterocycles. The van der Waals surface area contributed by atoms with Crippen molar-refractivity contribution in [3.63, 3.8) is 0 Å². The summed E-state index contributed by atoms with van der Waals surface area (Å²) in [5.74, 6) is 0.250. The number of methoxy groups -OCH3 is 2. The molecule has 0 amide bonds. The fraction of sp³-hybridized carbons (Fsp3) is 0.278. The number of ether oxygens (including phenoxy) is 2. The zero-order valence-corrected chi connectivity index (χ0v) is 16.5. The molecule has 3 unspecified atom stereocenters. The van der Waals surface area contributed by atoms with Crippen molar-refractivity contribution in [1.29, 1.82) is 0 Å². The number of hydrogen-bond acceptors (Lipinski definition) is 7. The Morgan fingerprint density at radius 2 is 1.78 bits per heavy atom. The molecule has 0 spiro atoms. The molecular weight excluding hydrogens is 390 g/mol. The number of benzene rings is 2. The predicted octanol–water partition coefficient (Wildman–Crippen LogP) is 3.39. The Bertz CT molecular complexity index is 945. The maximum Gasteiger partial charge on any atom is 0.277 e. The number of nitrogens with zero attached hydrogens (tertiary/aromatic N) is 1. The lowest BCUT2D eigenvalue weighted by molar-refractivity contribution is -0.385. The van der Waals surface area contributed by atoms with Crippen LogP contribution in [0.2, 0.25) is 0 Å². The van der Waals surface area contributed by atoms with E-state index in [9.17, 15) is 19.1 Å². The van der Waals surface area contributed by atoms with Gasteiger partial charge in [-0.3, -0.25) is 19.1 Å². The second-order valence-corrected chi connectivity index (χ2v) is 8.53. The van der Waals surface area contributed by atoms with Gasteiger partial charge in [-0.15, -0.1) is 11.8 Å². The van der Waals surface area contributed by atoms with Crippen LogP contribution in [-0.4, -0.2) is 40.6 Å². The second kappa shape index (κ2) is 7.69. The molecule has 0 aliphatic carbocycles. The molecule has 0 fully saturated rings. The Morgan fingerprint density at radius 1 is 1.15 bits per heavy atom. The fourth-order valence-corrected chi connectivity index (χ4v) is 5.93. The zero-order valence-electron chi connectivity index (χ0n) is 14.8. The van der Waals surface area contributed by atoms with Crippen LogP contribution >= 0.6 is 11.8 Å². The predicted molar refractivity (Wildman–Crippen MR) is 103 cm³/mol. The minimum atomic E-state index is -1.52. The third-order valence-corrected chi connectivity index (χ3v) is 7.10. The number of fused-ring (bicyclic) bond motifs is 1. The fourth-order valence-electron chi connectivity index (χ4n) is 3.08. The van der Waals surface area contributed by atoms with Crippen LogP contribution in [-0.2, 0) is 10.8 Å². The van der Waals surface area contributed by atoms with E-state index in [1.165, 1.54) is 44.4 Å². The SMILES string of the molecule is COc1cc(C2Sc3ccccc3C(=O)C2S(C)=O)c([N+](=O)[O-])cc1OC. The van der Waals surface area contributed by atoms with Crippen molar-refractivity contribution in [2.24, 2.45) is 0 Å². The monoisotopic (exact) mass is 407 g/mol. The van der Waals surface area contributed by atoms with Gasteiger partial charge in [0, 0.05) is 33.1 Å². The molecule has 1 aliphatic heterocycles. The number of hydrogen-bond donors (Lipinski definition) is 0. The van der Waals surface area contributed by atoms with Crippen LogP contribution in [0.1, 0.15) is 21.2 Å². The molecule has 2 aromatic rings. The molecule has 0 saturated carbocycles. The molecular formula is C18H17NO6S2. The zero-order chi connectivity index (χ0) is 19.7. The molecule has 0 bridgehead atoms. The number of nitro groups is 1. The van der Waals surface area contributed by atoms with Gasteiger partial charge in [0.2, 0.25) is 0 Å². The minimum Gasteiger partial charge on any atom is -0.493 e. The summed E-state index contributed by atoms with van der Waals surface area (Å²) in [6.07, 6.45) is 1.44. The van der Waals surface area contributed by atoms with E-state index in [1.54, 1.807) is 24.3 Å². The van der Waals surface area contributed by atoms with E-state index < -0.39 is 26.2 Å². The molecule has 142 valence electrons. The van der Waals surface area contributed by atoms with Crippen LogP contribution in [0.3, 0.4) is 0 Å². The van der Waals surface area contributed by atoms with E-state index in [0.29, 0.717) is 16.2 Å². The van der Waals surface area contributed by atoms with Crippen LogP contribution in [0.15, 0.2) is 41.3 Å². The molecule has 0 N–H and O–H groups in total. The van der Waals surface area contributed by atoms with E-state index in [4.69, 9.17) is 9.47 Å².